The molecule has 0 saturated heterocycles. The summed E-state index contributed by atoms with van der Waals surface area (Å²) in [6, 6.07) is 4.50. The first kappa shape index (κ1) is 16.5. The average molecular weight is 286 g/mol. The maximum Gasteiger partial charge on any atom is 0.123 e. The highest BCUT2D eigenvalue weighted by Gasteiger charge is 2.01. The third-order valence-electron chi connectivity index (χ3n) is 3.21. The third-order valence-corrected chi connectivity index (χ3v) is 3.58. The molecule has 0 spiro atoms. The molecule has 0 aromatic heterocycles. The molecule has 1 N–H and O–H groups in total. The zero-order chi connectivity index (χ0) is 14.1. The first-order valence-electron chi connectivity index (χ1n) is 7.24. The van der Waals surface area contributed by atoms with Gasteiger partial charge in [0, 0.05) is 11.6 Å². The second-order valence-corrected chi connectivity index (χ2v) is 5.92. The van der Waals surface area contributed by atoms with E-state index in [1.165, 1.54) is 44.2 Å². The van der Waals surface area contributed by atoms with Crippen LogP contribution in [0.25, 0.3) is 0 Å². The Morgan fingerprint density at radius 1 is 1.16 bits per heavy atom. The topological polar surface area (TPSA) is 12.0 Å². The van der Waals surface area contributed by atoms with Crippen molar-refractivity contribution in [2.24, 2.45) is 5.92 Å². The van der Waals surface area contributed by atoms with Crippen molar-refractivity contribution in [2.75, 3.05) is 6.54 Å². The van der Waals surface area contributed by atoms with Crippen molar-refractivity contribution >= 4 is 11.6 Å². The quantitative estimate of drug-likeness (QED) is 0.617. The van der Waals surface area contributed by atoms with Gasteiger partial charge in [0.15, 0.2) is 0 Å². The van der Waals surface area contributed by atoms with Gasteiger partial charge in [0.2, 0.25) is 0 Å². The Hall–Kier alpha value is -0.600. The molecule has 0 amide bonds. The van der Waals surface area contributed by atoms with Gasteiger partial charge in [-0.1, -0.05) is 51.1 Å². The predicted molar refractivity (Wildman–Crippen MR) is 81.0 cm³/mol. The molecule has 1 nitrogen and oxygen atoms in total. The van der Waals surface area contributed by atoms with Crippen molar-refractivity contribution in [3.63, 3.8) is 0 Å². The van der Waals surface area contributed by atoms with E-state index in [1.54, 1.807) is 6.07 Å². The zero-order valence-electron chi connectivity index (χ0n) is 12.0. The van der Waals surface area contributed by atoms with Gasteiger partial charge in [0.25, 0.3) is 0 Å². The fraction of sp³-hybridized carbons (Fsp3) is 0.625. The molecular weight excluding hydrogens is 261 g/mol. The lowest BCUT2D eigenvalue weighted by Gasteiger charge is -2.07. The molecule has 0 fully saturated rings. The second-order valence-electron chi connectivity index (χ2n) is 5.51. The molecule has 3 heteroatoms. The van der Waals surface area contributed by atoms with Crippen LogP contribution in [0.1, 0.15) is 51.5 Å². The summed E-state index contributed by atoms with van der Waals surface area (Å²) in [7, 11) is 0. The Kier molecular flexibility index (Phi) is 8.08. The molecule has 1 aromatic carbocycles. The fourth-order valence-corrected chi connectivity index (χ4v) is 2.24. The monoisotopic (exact) mass is 285 g/mol. The smallest absolute Gasteiger partial charge is 0.123 e. The van der Waals surface area contributed by atoms with Crippen molar-refractivity contribution in [2.45, 2.75) is 52.5 Å². The summed E-state index contributed by atoms with van der Waals surface area (Å²) < 4.78 is 13.0. The van der Waals surface area contributed by atoms with E-state index in [1.807, 2.05) is 0 Å². The lowest BCUT2D eigenvalue weighted by Crippen LogP contribution is -2.15. The van der Waals surface area contributed by atoms with Crippen LogP contribution in [-0.2, 0) is 6.54 Å². The number of unbranched alkanes of at least 4 members (excludes halogenated alkanes) is 3. The molecule has 0 aliphatic heterocycles. The predicted octanol–water partition coefficient (Wildman–Crippen LogP) is 5.18. The van der Waals surface area contributed by atoms with Gasteiger partial charge in [0.05, 0.1) is 0 Å². The van der Waals surface area contributed by atoms with E-state index in [4.69, 9.17) is 11.6 Å². The van der Waals surface area contributed by atoms with Crippen molar-refractivity contribution in [1.29, 1.82) is 0 Å². The van der Waals surface area contributed by atoms with E-state index in [0.717, 1.165) is 18.0 Å². The van der Waals surface area contributed by atoms with Crippen molar-refractivity contribution in [3.05, 3.63) is 34.6 Å². The van der Waals surface area contributed by atoms with E-state index in [9.17, 15) is 4.39 Å². The van der Waals surface area contributed by atoms with Gasteiger partial charge >= 0.3 is 0 Å². The lowest BCUT2D eigenvalue weighted by atomic mass is 10.0. The Morgan fingerprint density at radius 3 is 2.63 bits per heavy atom. The number of halogens is 2. The molecule has 0 bridgehead atoms. The van der Waals surface area contributed by atoms with Crippen molar-refractivity contribution in [3.8, 4) is 0 Å². The summed E-state index contributed by atoms with van der Waals surface area (Å²) in [5.41, 5.74) is 0.835. The Morgan fingerprint density at radius 2 is 1.89 bits per heavy atom. The molecule has 108 valence electrons. The molecule has 0 aliphatic carbocycles. The maximum atomic E-state index is 13.0. The van der Waals surface area contributed by atoms with Gasteiger partial charge in [-0.3, -0.25) is 0 Å². The average Bonchev–Trinajstić information content (AvgIpc) is 2.36. The molecule has 0 unspecified atom stereocenters. The van der Waals surface area contributed by atoms with Crippen LogP contribution >= 0.6 is 11.6 Å². The summed E-state index contributed by atoms with van der Waals surface area (Å²) in [6.07, 6.45) is 6.39. The van der Waals surface area contributed by atoms with Crippen LogP contribution in [0.2, 0.25) is 5.02 Å². The van der Waals surface area contributed by atoms with Crippen LogP contribution < -0.4 is 5.32 Å². The van der Waals surface area contributed by atoms with E-state index < -0.39 is 0 Å². The standard InChI is InChI=1S/C16H25ClFN/c1-13(2)7-5-3-4-6-10-19-12-14-11-15(18)8-9-16(14)17/h8-9,11,13,19H,3-7,10,12H2,1-2H3. The molecule has 0 aliphatic rings. The number of rotatable bonds is 9. The van der Waals surface area contributed by atoms with Crippen molar-refractivity contribution < 1.29 is 4.39 Å². The van der Waals surface area contributed by atoms with Crippen LogP contribution in [0.15, 0.2) is 18.2 Å². The van der Waals surface area contributed by atoms with Crippen molar-refractivity contribution in [1.82, 2.24) is 5.32 Å². The molecule has 1 aromatic rings. The summed E-state index contributed by atoms with van der Waals surface area (Å²) in [5, 5.41) is 3.95. The van der Waals surface area contributed by atoms with Crippen LogP contribution in [0.4, 0.5) is 4.39 Å². The van der Waals surface area contributed by atoms with E-state index in [2.05, 4.69) is 19.2 Å². The highest BCUT2D eigenvalue weighted by Crippen LogP contribution is 2.16. The highest BCUT2D eigenvalue weighted by molar-refractivity contribution is 6.31. The van der Waals surface area contributed by atoms with E-state index in [-0.39, 0.29) is 5.82 Å². The number of nitrogens with one attached hydrogen (secondary N) is 1. The Labute approximate surface area is 121 Å². The SMILES string of the molecule is CC(C)CCCCCCNCc1cc(F)ccc1Cl. The zero-order valence-corrected chi connectivity index (χ0v) is 12.8. The van der Waals surface area contributed by atoms with Crippen LogP contribution in [0, 0.1) is 11.7 Å². The van der Waals surface area contributed by atoms with Crippen LogP contribution in [0.3, 0.4) is 0 Å². The van der Waals surface area contributed by atoms with E-state index in [0.29, 0.717) is 11.6 Å². The Balaban J connectivity index is 2.06. The molecule has 19 heavy (non-hydrogen) atoms. The normalized spacial score (nSPS) is 11.2. The molecule has 0 heterocycles. The fourth-order valence-electron chi connectivity index (χ4n) is 2.06. The first-order valence-corrected chi connectivity index (χ1v) is 7.62. The molecule has 0 radical (unpaired) electrons. The summed E-state index contributed by atoms with van der Waals surface area (Å²) >= 11 is 6.00. The minimum atomic E-state index is -0.227. The third kappa shape index (κ3) is 7.54. The number of hydrogen-bond acceptors (Lipinski definition) is 1. The second kappa shape index (κ2) is 9.33. The lowest BCUT2D eigenvalue weighted by molar-refractivity contribution is 0.512. The largest absolute Gasteiger partial charge is 0.313 e. The summed E-state index contributed by atoms with van der Waals surface area (Å²) in [6.45, 7) is 6.14. The Bertz CT molecular complexity index is 366. The van der Waals surface area contributed by atoms with Gasteiger partial charge in [-0.25, -0.2) is 4.39 Å². The molecule has 0 atom stereocenters. The first-order chi connectivity index (χ1) is 9.09. The molecule has 0 saturated carbocycles. The van der Waals surface area contributed by atoms with Gasteiger partial charge in [-0.05, 0) is 42.6 Å². The van der Waals surface area contributed by atoms with Crippen LogP contribution in [-0.4, -0.2) is 6.54 Å². The van der Waals surface area contributed by atoms with Gasteiger partial charge in [-0.2, -0.15) is 0 Å². The minimum Gasteiger partial charge on any atom is -0.313 e. The molecular formula is C16H25ClFN. The highest BCUT2D eigenvalue weighted by atomic mass is 35.5. The van der Waals surface area contributed by atoms with Crippen LogP contribution in [0.5, 0.6) is 0 Å². The summed E-state index contributed by atoms with van der Waals surface area (Å²) in [4.78, 5) is 0. The number of hydrogen-bond donors (Lipinski definition) is 1. The maximum absolute atomic E-state index is 13.0. The van der Waals surface area contributed by atoms with Gasteiger partial charge in [0.1, 0.15) is 5.82 Å². The summed E-state index contributed by atoms with van der Waals surface area (Å²) in [5.74, 6) is 0.586. The minimum absolute atomic E-state index is 0.227. The van der Waals surface area contributed by atoms with Gasteiger partial charge < -0.3 is 5.32 Å². The van der Waals surface area contributed by atoms with Gasteiger partial charge in [-0.15, -0.1) is 0 Å². The number of benzene rings is 1. The van der Waals surface area contributed by atoms with E-state index >= 15 is 0 Å². The molecule has 1 rings (SSSR count).